The van der Waals surface area contributed by atoms with E-state index in [4.69, 9.17) is 0 Å². The standard InChI is InChI=1S/C25H30N4O2S/c1-18(2)13-16-29-24(31)21-7-3-4-8-22(21)27-25(29)32-17-23(30)26-19-9-11-20(12-10-19)28-14-5-6-15-28/h3-4,7-12,18H,5-6,13-17H2,1-2H3,(H,26,30). The molecule has 2 aromatic carbocycles. The summed E-state index contributed by atoms with van der Waals surface area (Å²) in [6, 6.07) is 15.4. The Bertz CT molecular complexity index is 1130. The fourth-order valence-corrected chi connectivity index (χ4v) is 4.73. The molecule has 0 spiro atoms. The van der Waals surface area contributed by atoms with Gasteiger partial charge in [0.2, 0.25) is 5.91 Å². The van der Waals surface area contributed by atoms with Crippen molar-refractivity contribution in [2.45, 2.75) is 44.8 Å². The average Bonchev–Trinajstić information content (AvgIpc) is 3.32. The van der Waals surface area contributed by atoms with Gasteiger partial charge in [-0.2, -0.15) is 0 Å². The molecular weight excluding hydrogens is 420 g/mol. The normalized spacial score (nSPS) is 13.8. The van der Waals surface area contributed by atoms with Crippen LogP contribution in [0, 0.1) is 5.92 Å². The molecular formula is C25H30N4O2S. The number of nitrogens with zero attached hydrogens (tertiary/aromatic N) is 3. The highest BCUT2D eigenvalue weighted by Crippen LogP contribution is 2.23. The summed E-state index contributed by atoms with van der Waals surface area (Å²) < 4.78 is 1.71. The molecule has 1 saturated heterocycles. The summed E-state index contributed by atoms with van der Waals surface area (Å²) in [5.74, 6) is 0.556. The smallest absolute Gasteiger partial charge is 0.262 e. The molecule has 7 heteroatoms. The third-order valence-corrected chi connectivity index (χ3v) is 6.69. The maximum absolute atomic E-state index is 13.0. The zero-order valence-electron chi connectivity index (χ0n) is 18.7. The third kappa shape index (κ3) is 5.33. The van der Waals surface area contributed by atoms with Gasteiger partial charge in [0.25, 0.3) is 5.56 Å². The van der Waals surface area contributed by atoms with Crippen molar-refractivity contribution in [3.8, 4) is 0 Å². The van der Waals surface area contributed by atoms with Crippen LogP contribution >= 0.6 is 11.8 Å². The van der Waals surface area contributed by atoms with Gasteiger partial charge in [-0.25, -0.2) is 4.98 Å². The molecule has 1 aliphatic rings. The van der Waals surface area contributed by atoms with E-state index in [9.17, 15) is 9.59 Å². The van der Waals surface area contributed by atoms with Crippen LogP contribution in [-0.2, 0) is 11.3 Å². The summed E-state index contributed by atoms with van der Waals surface area (Å²) in [6.07, 6.45) is 3.35. The Kier molecular flexibility index (Phi) is 7.15. The van der Waals surface area contributed by atoms with Gasteiger partial charge in [0.1, 0.15) is 0 Å². The first-order valence-corrected chi connectivity index (χ1v) is 12.3. The lowest BCUT2D eigenvalue weighted by atomic mass is 10.1. The Hall–Kier alpha value is -2.80. The van der Waals surface area contributed by atoms with Gasteiger partial charge in [0.05, 0.1) is 16.7 Å². The molecule has 0 aliphatic carbocycles. The van der Waals surface area contributed by atoms with E-state index in [1.165, 1.54) is 30.3 Å². The predicted molar refractivity (Wildman–Crippen MR) is 133 cm³/mol. The molecule has 1 fully saturated rings. The lowest BCUT2D eigenvalue weighted by molar-refractivity contribution is -0.113. The van der Waals surface area contributed by atoms with Gasteiger partial charge >= 0.3 is 0 Å². The van der Waals surface area contributed by atoms with Crippen molar-refractivity contribution in [2.75, 3.05) is 29.1 Å². The van der Waals surface area contributed by atoms with E-state index in [1.807, 2.05) is 36.4 Å². The maximum Gasteiger partial charge on any atom is 0.262 e. The van der Waals surface area contributed by atoms with Gasteiger partial charge in [-0.1, -0.05) is 37.7 Å². The SMILES string of the molecule is CC(C)CCn1c(SCC(=O)Nc2ccc(N3CCCC3)cc2)nc2ccccc2c1=O. The van der Waals surface area contributed by atoms with Crippen molar-refractivity contribution >= 4 is 39.9 Å². The summed E-state index contributed by atoms with van der Waals surface area (Å²) in [4.78, 5) is 32.7. The summed E-state index contributed by atoms with van der Waals surface area (Å²) in [5.41, 5.74) is 2.60. The predicted octanol–water partition coefficient (Wildman–Crippen LogP) is 4.77. The maximum atomic E-state index is 13.0. The van der Waals surface area contributed by atoms with Gasteiger partial charge in [0.15, 0.2) is 5.16 Å². The zero-order chi connectivity index (χ0) is 22.5. The summed E-state index contributed by atoms with van der Waals surface area (Å²) >= 11 is 1.31. The van der Waals surface area contributed by atoms with Crippen LogP contribution in [-0.4, -0.2) is 34.3 Å². The van der Waals surface area contributed by atoms with Crippen molar-refractivity contribution in [2.24, 2.45) is 5.92 Å². The van der Waals surface area contributed by atoms with Crippen LogP contribution in [0.2, 0.25) is 0 Å². The minimum atomic E-state index is -0.110. The molecule has 1 aromatic heterocycles. The largest absolute Gasteiger partial charge is 0.372 e. The molecule has 32 heavy (non-hydrogen) atoms. The van der Waals surface area contributed by atoms with E-state index in [0.717, 1.165) is 25.2 Å². The Morgan fingerprint density at radius 3 is 2.53 bits per heavy atom. The van der Waals surface area contributed by atoms with Gasteiger partial charge in [-0.05, 0) is 61.6 Å². The molecule has 168 valence electrons. The molecule has 2 heterocycles. The third-order valence-electron chi connectivity index (χ3n) is 5.71. The van der Waals surface area contributed by atoms with Crippen molar-refractivity contribution in [1.29, 1.82) is 0 Å². The molecule has 6 nitrogen and oxygen atoms in total. The number of fused-ring (bicyclic) bond motifs is 1. The number of hydrogen-bond donors (Lipinski definition) is 1. The number of amides is 1. The van der Waals surface area contributed by atoms with E-state index >= 15 is 0 Å². The zero-order valence-corrected chi connectivity index (χ0v) is 19.5. The summed E-state index contributed by atoms with van der Waals surface area (Å²) in [7, 11) is 0. The highest BCUT2D eigenvalue weighted by Gasteiger charge is 2.15. The van der Waals surface area contributed by atoms with Crippen LogP contribution in [0.1, 0.15) is 33.1 Å². The second-order valence-electron chi connectivity index (χ2n) is 8.63. The fourth-order valence-electron chi connectivity index (χ4n) is 3.90. The van der Waals surface area contributed by atoms with Crippen molar-refractivity contribution in [3.05, 3.63) is 58.9 Å². The van der Waals surface area contributed by atoms with Crippen molar-refractivity contribution < 1.29 is 4.79 Å². The summed E-state index contributed by atoms with van der Waals surface area (Å²) in [5, 5.41) is 4.16. The number of para-hydroxylation sites is 1. The molecule has 1 N–H and O–H groups in total. The van der Waals surface area contributed by atoms with E-state index < -0.39 is 0 Å². The van der Waals surface area contributed by atoms with Crippen molar-refractivity contribution in [1.82, 2.24) is 9.55 Å². The number of nitrogens with one attached hydrogen (secondary N) is 1. The fraction of sp³-hybridized carbons (Fsp3) is 0.400. The first-order valence-electron chi connectivity index (χ1n) is 11.3. The quantitative estimate of drug-likeness (QED) is 0.395. The lowest BCUT2D eigenvalue weighted by Gasteiger charge is -2.17. The second kappa shape index (κ2) is 10.2. The Morgan fingerprint density at radius 2 is 1.81 bits per heavy atom. The molecule has 1 amide bonds. The van der Waals surface area contributed by atoms with Gasteiger partial charge in [-0.15, -0.1) is 0 Å². The monoisotopic (exact) mass is 450 g/mol. The van der Waals surface area contributed by atoms with Crippen LogP contribution in [0.5, 0.6) is 0 Å². The van der Waals surface area contributed by atoms with Crippen LogP contribution in [0.25, 0.3) is 10.9 Å². The molecule has 4 rings (SSSR count). The lowest BCUT2D eigenvalue weighted by Crippen LogP contribution is -2.25. The van der Waals surface area contributed by atoms with E-state index in [1.54, 1.807) is 4.57 Å². The van der Waals surface area contributed by atoms with Gasteiger partial charge in [0, 0.05) is 31.0 Å². The first kappa shape index (κ1) is 22.4. The van der Waals surface area contributed by atoms with E-state index in [2.05, 4.69) is 41.2 Å². The van der Waals surface area contributed by atoms with Crippen LogP contribution in [0.15, 0.2) is 58.5 Å². The second-order valence-corrected chi connectivity index (χ2v) is 9.57. The molecule has 0 radical (unpaired) electrons. The molecule has 0 atom stereocenters. The highest BCUT2D eigenvalue weighted by molar-refractivity contribution is 7.99. The van der Waals surface area contributed by atoms with Gasteiger partial charge in [-0.3, -0.25) is 14.2 Å². The number of benzene rings is 2. The number of carbonyl (C=O) groups is 1. The minimum Gasteiger partial charge on any atom is -0.372 e. The molecule has 0 saturated carbocycles. The Balaban J connectivity index is 1.45. The number of aromatic nitrogens is 2. The minimum absolute atomic E-state index is 0.0448. The number of rotatable bonds is 8. The summed E-state index contributed by atoms with van der Waals surface area (Å²) in [6.45, 7) is 7.05. The van der Waals surface area contributed by atoms with Crippen LogP contribution < -0.4 is 15.8 Å². The number of hydrogen-bond acceptors (Lipinski definition) is 5. The van der Waals surface area contributed by atoms with Crippen LogP contribution in [0.4, 0.5) is 11.4 Å². The molecule has 1 aliphatic heterocycles. The number of anilines is 2. The van der Waals surface area contributed by atoms with Crippen LogP contribution in [0.3, 0.4) is 0 Å². The molecule has 3 aromatic rings. The topological polar surface area (TPSA) is 67.2 Å². The van der Waals surface area contributed by atoms with Crippen molar-refractivity contribution in [3.63, 3.8) is 0 Å². The molecule has 0 bridgehead atoms. The van der Waals surface area contributed by atoms with E-state index in [-0.39, 0.29) is 17.2 Å². The Morgan fingerprint density at radius 1 is 1.09 bits per heavy atom. The average molecular weight is 451 g/mol. The highest BCUT2D eigenvalue weighted by atomic mass is 32.2. The van der Waals surface area contributed by atoms with E-state index in [0.29, 0.717) is 28.5 Å². The van der Waals surface area contributed by atoms with Gasteiger partial charge < -0.3 is 10.2 Å². The number of carbonyl (C=O) groups excluding carboxylic acids is 1. The molecule has 0 unspecified atom stereocenters. The Labute approximate surface area is 193 Å². The first-order chi connectivity index (χ1) is 15.5. The number of thioether (sulfide) groups is 1.